The van der Waals surface area contributed by atoms with Crippen molar-refractivity contribution in [3.8, 4) is 11.5 Å². The maximum atomic E-state index is 12.9. The third-order valence-corrected chi connectivity index (χ3v) is 4.27. The molecule has 1 saturated heterocycles. The van der Waals surface area contributed by atoms with Crippen molar-refractivity contribution in [2.24, 2.45) is 0 Å². The summed E-state index contributed by atoms with van der Waals surface area (Å²) >= 11 is 0. The number of hydrogen-bond donors (Lipinski definition) is 2. The fourth-order valence-electron chi connectivity index (χ4n) is 2.81. The van der Waals surface area contributed by atoms with Crippen LogP contribution < -0.4 is 19.7 Å². The number of urea groups is 1. The number of carboxylic acid groups (broad SMARTS) is 1. The minimum absolute atomic E-state index is 0.0338. The quantitative estimate of drug-likeness (QED) is 0.282. The van der Waals surface area contributed by atoms with E-state index in [1.165, 1.54) is 43.5 Å². The van der Waals surface area contributed by atoms with E-state index in [1.54, 1.807) is 0 Å². The van der Waals surface area contributed by atoms with Crippen molar-refractivity contribution in [1.29, 1.82) is 0 Å². The molecule has 2 aromatic rings. The maximum Gasteiger partial charge on any atom is 0.341 e. The largest absolute Gasteiger partial charge is 0.493 e. The van der Waals surface area contributed by atoms with E-state index in [9.17, 15) is 29.3 Å². The van der Waals surface area contributed by atoms with Crippen LogP contribution in [0.2, 0.25) is 0 Å². The number of imide groups is 2. The number of amides is 4. The number of non-ortho nitro benzene ring substituents is 1. The Labute approximate surface area is 179 Å². The highest BCUT2D eigenvalue weighted by Gasteiger charge is 2.37. The lowest BCUT2D eigenvalue weighted by molar-refractivity contribution is -0.384. The molecule has 1 aliphatic heterocycles. The van der Waals surface area contributed by atoms with Crippen LogP contribution in [-0.2, 0) is 14.4 Å². The van der Waals surface area contributed by atoms with E-state index < -0.39 is 35.3 Å². The molecule has 0 aromatic heterocycles. The first-order valence-electron chi connectivity index (χ1n) is 8.90. The number of hydrogen-bond acceptors (Lipinski definition) is 8. The zero-order valence-corrected chi connectivity index (χ0v) is 16.4. The Kier molecular flexibility index (Phi) is 6.14. The van der Waals surface area contributed by atoms with E-state index in [2.05, 4.69) is 0 Å². The van der Waals surface area contributed by atoms with Gasteiger partial charge in [0.15, 0.2) is 18.1 Å². The van der Waals surface area contributed by atoms with E-state index in [-0.39, 0.29) is 28.4 Å². The van der Waals surface area contributed by atoms with Gasteiger partial charge in [0.2, 0.25) is 0 Å². The second-order valence-corrected chi connectivity index (χ2v) is 6.32. The SMILES string of the molecule is COc1cc(C=C2C(=O)NC(=O)N(c3ccc([N+](=O)[O-])cc3)C2=O)ccc1OCC(=O)O. The molecule has 4 amide bonds. The molecule has 0 radical (unpaired) electrons. The average Bonchev–Trinajstić information content (AvgIpc) is 2.75. The topological polar surface area (TPSA) is 165 Å². The van der Waals surface area contributed by atoms with Crippen molar-refractivity contribution in [3.63, 3.8) is 0 Å². The van der Waals surface area contributed by atoms with Gasteiger partial charge in [0.25, 0.3) is 17.5 Å². The number of rotatable bonds is 7. The molecule has 0 unspecified atom stereocenters. The summed E-state index contributed by atoms with van der Waals surface area (Å²) in [5.74, 6) is -2.74. The predicted molar refractivity (Wildman–Crippen MR) is 108 cm³/mol. The molecule has 3 rings (SSSR count). The Balaban J connectivity index is 1.93. The number of nitrogens with one attached hydrogen (secondary N) is 1. The summed E-state index contributed by atoms with van der Waals surface area (Å²) in [5.41, 5.74) is -0.237. The number of aliphatic carboxylic acids is 1. The Morgan fingerprint density at radius 3 is 2.44 bits per heavy atom. The second-order valence-electron chi connectivity index (χ2n) is 6.32. The molecule has 2 aromatic carbocycles. The molecule has 2 N–H and O–H groups in total. The molecule has 1 fully saturated rings. The minimum Gasteiger partial charge on any atom is -0.493 e. The number of nitro groups is 1. The van der Waals surface area contributed by atoms with Crippen LogP contribution in [-0.4, -0.2) is 47.6 Å². The van der Waals surface area contributed by atoms with Crippen molar-refractivity contribution < 1.29 is 38.7 Å². The zero-order valence-electron chi connectivity index (χ0n) is 16.4. The van der Waals surface area contributed by atoms with Crippen LogP contribution in [0.4, 0.5) is 16.2 Å². The summed E-state index contributed by atoms with van der Waals surface area (Å²) in [4.78, 5) is 58.9. The number of carbonyl (C=O) groups is 4. The van der Waals surface area contributed by atoms with Gasteiger partial charge >= 0.3 is 12.0 Å². The number of benzene rings is 2. The van der Waals surface area contributed by atoms with Crippen LogP contribution in [0.25, 0.3) is 6.08 Å². The summed E-state index contributed by atoms with van der Waals surface area (Å²) in [6, 6.07) is 7.94. The van der Waals surface area contributed by atoms with Gasteiger partial charge in [-0.3, -0.25) is 25.0 Å². The second kappa shape index (κ2) is 8.95. The van der Waals surface area contributed by atoms with Crippen LogP contribution in [0.15, 0.2) is 48.0 Å². The Bertz CT molecular complexity index is 1160. The minimum atomic E-state index is -1.18. The monoisotopic (exact) mass is 441 g/mol. The Morgan fingerprint density at radius 2 is 1.84 bits per heavy atom. The molecule has 0 atom stereocenters. The number of carbonyl (C=O) groups excluding carboxylic acids is 3. The fraction of sp³-hybridized carbons (Fsp3) is 0.100. The molecule has 0 spiro atoms. The third kappa shape index (κ3) is 4.53. The van der Waals surface area contributed by atoms with Crippen molar-refractivity contribution in [1.82, 2.24) is 5.32 Å². The Morgan fingerprint density at radius 1 is 1.16 bits per heavy atom. The molecule has 1 heterocycles. The number of methoxy groups -OCH3 is 1. The van der Waals surface area contributed by atoms with Crippen LogP contribution in [0, 0.1) is 10.1 Å². The highest BCUT2D eigenvalue weighted by Crippen LogP contribution is 2.30. The summed E-state index contributed by atoms with van der Waals surface area (Å²) < 4.78 is 10.2. The number of ether oxygens (including phenoxy) is 2. The van der Waals surface area contributed by atoms with E-state index in [0.717, 1.165) is 12.1 Å². The zero-order chi connectivity index (χ0) is 23.4. The predicted octanol–water partition coefficient (Wildman–Crippen LogP) is 1.73. The van der Waals surface area contributed by atoms with Crippen LogP contribution in [0.5, 0.6) is 11.5 Å². The van der Waals surface area contributed by atoms with Crippen molar-refractivity contribution >= 4 is 41.3 Å². The van der Waals surface area contributed by atoms with Crippen molar-refractivity contribution in [3.05, 3.63) is 63.7 Å². The molecule has 1 aliphatic rings. The molecule has 0 bridgehead atoms. The average molecular weight is 441 g/mol. The molecular formula is C20H15N3O9. The van der Waals surface area contributed by atoms with Gasteiger partial charge in [0.05, 0.1) is 17.7 Å². The molecule has 12 heteroatoms. The van der Waals surface area contributed by atoms with Crippen LogP contribution >= 0.6 is 0 Å². The number of carboxylic acids is 1. The van der Waals surface area contributed by atoms with Gasteiger partial charge < -0.3 is 14.6 Å². The van der Waals surface area contributed by atoms with Gasteiger partial charge in [-0.1, -0.05) is 6.07 Å². The Hall–Kier alpha value is -4.74. The fourth-order valence-corrected chi connectivity index (χ4v) is 2.81. The van der Waals surface area contributed by atoms with Gasteiger partial charge in [-0.15, -0.1) is 0 Å². The first-order valence-corrected chi connectivity index (χ1v) is 8.90. The molecule has 12 nitrogen and oxygen atoms in total. The van der Waals surface area contributed by atoms with Crippen LogP contribution in [0.3, 0.4) is 0 Å². The van der Waals surface area contributed by atoms with Gasteiger partial charge in [0.1, 0.15) is 5.57 Å². The summed E-state index contributed by atoms with van der Waals surface area (Å²) in [6.07, 6.45) is 1.21. The van der Waals surface area contributed by atoms with Crippen molar-refractivity contribution in [2.75, 3.05) is 18.6 Å². The van der Waals surface area contributed by atoms with Crippen LogP contribution in [0.1, 0.15) is 5.56 Å². The van der Waals surface area contributed by atoms with E-state index in [1.807, 2.05) is 5.32 Å². The summed E-state index contributed by atoms with van der Waals surface area (Å²) in [5, 5.41) is 21.6. The molecule has 0 saturated carbocycles. The number of nitro benzene ring substituents is 1. The lowest BCUT2D eigenvalue weighted by atomic mass is 10.1. The molecule has 0 aliphatic carbocycles. The number of nitrogens with zero attached hydrogens (tertiary/aromatic N) is 2. The summed E-state index contributed by atoms with van der Waals surface area (Å²) in [7, 11) is 1.33. The molecule has 32 heavy (non-hydrogen) atoms. The van der Waals surface area contributed by atoms with Gasteiger partial charge in [-0.25, -0.2) is 14.5 Å². The van der Waals surface area contributed by atoms with E-state index in [0.29, 0.717) is 10.5 Å². The normalized spacial score (nSPS) is 14.8. The highest BCUT2D eigenvalue weighted by molar-refractivity contribution is 6.39. The van der Waals surface area contributed by atoms with Gasteiger partial charge in [-0.2, -0.15) is 0 Å². The maximum absolute atomic E-state index is 12.9. The van der Waals surface area contributed by atoms with E-state index in [4.69, 9.17) is 14.6 Å². The number of barbiturate groups is 1. The molecule has 164 valence electrons. The lowest BCUT2D eigenvalue weighted by Crippen LogP contribution is -2.54. The standard InChI is InChI=1S/C20H15N3O9/c1-31-16-9-11(2-7-15(16)32-10-17(24)25)8-14-18(26)21-20(28)22(19(14)27)12-3-5-13(6-4-12)23(29)30/h2-9H,10H2,1H3,(H,24,25)(H,21,26,28). The van der Waals surface area contributed by atoms with E-state index >= 15 is 0 Å². The third-order valence-electron chi connectivity index (χ3n) is 4.27. The van der Waals surface area contributed by atoms with Crippen molar-refractivity contribution in [2.45, 2.75) is 0 Å². The smallest absolute Gasteiger partial charge is 0.341 e. The lowest BCUT2D eigenvalue weighted by Gasteiger charge is -2.26. The first-order chi connectivity index (χ1) is 15.2. The van der Waals surface area contributed by atoms with Gasteiger partial charge in [-0.05, 0) is 35.9 Å². The van der Waals surface area contributed by atoms with Gasteiger partial charge in [0, 0.05) is 12.1 Å². The molecular weight excluding hydrogens is 426 g/mol. The summed E-state index contributed by atoms with van der Waals surface area (Å²) in [6.45, 7) is -0.593. The number of anilines is 1. The highest BCUT2D eigenvalue weighted by atomic mass is 16.6. The first kappa shape index (κ1) is 22.0.